The summed E-state index contributed by atoms with van der Waals surface area (Å²) in [7, 11) is -1.27. The number of nitrogens with zero attached hydrogens (tertiary/aromatic N) is 2. The number of nitrogens with one attached hydrogen (secondary N) is 1. The number of unbranched alkanes of at least 4 members (excludes halogenated alkanes) is 1. The first kappa shape index (κ1) is 22.0. The first-order valence-electron chi connectivity index (χ1n) is 9.11. The van der Waals surface area contributed by atoms with Crippen LogP contribution in [-0.2, 0) is 17.6 Å². The third-order valence-electron chi connectivity index (χ3n) is 4.17. The fourth-order valence-corrected chi connectivity index (χ4v) is 3.60. The van der Waals surface area contributed by atoms with Gasteiger partial charge in [-0.05, 0) is 18.5 Å². The molecule has 4 nitrogen and oxygen atoms in total. The largest absolute Gasteiger partial charge is 0.418 e. The van der Waals surface area contributed by atoms with Gasteiger partial charge in [-0.2, -0.15) is 13.2 Å². The summed E-state index contributed by atoms with van der Waals surface area (Å²) >= 11 is 6.07. The molecule has 0 aromatic carbocycles. The number of rotatable bonds is 9. The van der Waals surface area contributed by atoms with Crippen molar-refractivity contribution in [3.63, 3.8) is 0 Å². The Labute approximate surface area is 164 Å². The molecule has 0 aliphatic rings. The third-order valence-corrected chi connectivity index (χ3v) is 6.07. The molecule has 152 valence electrons. The molecule has 2 heterocycles. The molecule has 2 aromatic heterocycles. The van der Waals surface area contributed by atoms with Crippen molar-refractivity contribution in [2.75, 3.05) is 18.5 Å². The van der Waals surface area contributed by atoms with Crippen LogP contribution in [0.3, 0.4) is 0 Å². The summed E-state index contributed by atoms with van der Waals surface area (Å²) in [5, 5.41) is 3.26. The van der Waals surface area contributed by atoms with E-state index in [0.29, 0.717) is 18.8 Å². The Morgan fingerprint density at radius 1 is 1.30 bits per heavy atom. The van der Waals surface area contributed by atoms with E-state index >= 15 is 0 Å². The van der Waals surface area contributed by atoms with Crippen LogP contribution in [0.25, 0.3) is 11.0 Å². The number of fused-ring (bicyclic) bond motifs is 1. The molecule has 0 atom stereocenters. The summed E-state index contributed by atoms with van der Waals surface area (Å²) in [6, 6.07) is 2.39. The van der Waals surface area contributed by atoms with Crippen molar-refractivity contribution >= 4 is 36.4 Å². The summed E-state index contributed by atoms with van der Waals surface area (Å²) in [5.41, 5.74) is -0.192. The number of aromatic nitrogens is 2. The Bertz CT molecular complexity index is 772. The molecule has 0 unspecified atom stereocenters. The minimum atomic E-state index is -4.49. The van der Waals surface area contributed by atoms with Crippen LogP contribution in [0.4, 0.5) is 18.9 Å². The summed E-state index contributed by atoms with van der Waals surface area (Å²) in [6.07, 6.45) is -1.64. The zero-order valence-corrected chi connectivity index (χ0v) is 18.0. The Balaban J connectivity index is 2.37. The number of hydrogen-bond donors (Lipinski definition) is 1. The Kier molecular flexibility index (Phi) is 7.21. The van der Waals surface area contributed by atoms with Crippen molar-refractivity contribution in [2.45, 2.75) is 58.4 Å². The van der Waals surface area contributed by atoms with E-state index in [1.165, 1.54) is 10.6 Å². The van der Waals surface area contributed by atoms with Crippen LogP contribution in [0.1, 0.15) is 25.3 Å². The van der Waals surface area contributed by atoms with Crippen molar-refractivity contribution < 1.29 is 17.9 Å². The second-order valence-electron chi connectivity index (χ2n) is 7.83. The van der Waals surface area contributed by atoms with Crippen LogP contribution in [0.5, 0.6) is 0 Å². The number of halogens is 4. The summed E-state index contributed by atoms with van der Waals surface area (Å²) in [6.45, 7) is 9.78. The molecule has 27 heavy (non-hydrogen) atoms. The number of ether oxygens (including phenoxy) is 1. The number of alkyl halides is 3. The van der Waals surface area contributed by atoms with Gasteiger partial charge in [0.2, 0.25) is 0 Å². The van der Waals surface area contributed by atoms with Gasteiger partial charge in [0, 0.05) is 33.1 Å². The number of anilines is 1. The van der Waals surface area contributed by atoms with Crippen molar-refractivity contribution in [1.82, 2.24) is 9.55 Å². The van der Waals surface area contributed by atoms with Gasteiger partial charge in [-0.3, -0.25) is 0 Å². The molecule has 0 amide bonds. The summed E-state index contributed by atoms with van der Waals surface area (Å²) < 4.78 is 47.8. The molecule has 0 saturated carbocycles. The zero-order valence-electron chi connectivity index (χ0n) is 16.2. The molecular formula is C18H27ClF3N3OSi. The van der Waals surface area contributed by atoms with Crippen molar-refractivity contribution in [2.24, 2.45) is 0 Å². The van der Waals surface area contributed by atoms with E-state index in [0.717, 1.165) is 25.1 Å². The lowest BCUT2D eigenvalue weighted by Crippen LogP contribution is -2.22. The van der Waals surface area contributed by atoms with E-state index < -0.39 is 19.8 Å². The fourth-order valence-electron chi connectivity index (χ4n) is 2.65. The van der Waals surface area contributed by atoms with Crippen molar-refractivity contribution in [1.29, 1.82) is 0 Å². The molecule has 0 radical (unpaired) electrons. The molecule has 0 fully saturated rings. The number of hydrogen-bond acceptors (Lipinski definition) is 3. The molecule has 0 spiro atoms. The normalized spacial score (nSPS) is 12.7. The average molecular weight is 422 g/mol. The van der Waals surface area contributed by atoms with E-state index in [2.05, 4.69) is 29.9 Å². The molecule has 1 N–H and O–H groups in total. The lowest BCUT2D eigenvalue weighted by atomic mass is 10.2. The molecular weight excluding hydrogens is 395 g/mol. The van der Waals surface area contributed by atoms with Crippen LogP contribution < -0.4 is 5.32 Å². The topological polar surface area (TPSA) is 39.1 Å². The molecule has 0 aliphatic heterocycles. The van der Waals surface area contributed by atoms with E-state index in [-0.39, 0.29) is 22.9 Å². The maximum absolute atomic E-state index is 13.6. The van der Waals surface area contributed by atoms with Gasteiger partial charge in [-0.1, -0.05) is 44.6 Å². The maximum Gasteiger partial charge on any atom is 0.418 e. The van der Waals surface area contributed by atoms with Crippen LogP contribution >= 0.6 is 11.6 Å². The van der Waals surface area contributed by atoms with Crippen LogP contribution in [0.2, 0.25) is 30.8 Å². The van der Waals surface area contributed by atoms with Gasteiger partial charge in [-0.15, -0.1) is 0 Å². The highest BCUT2D eigenvalue weighted by molar-refractivity contribution is 6.76. The highest BCUT2D eigenvalue weighted by Gasteiger charge is 2.36. The lowest BCUT2D eigenvalue weighted by Gasteiger charge is -2.15. The average Bonchev–Trinajstić information content (AvgIpc) is 2.90. The predicted octanol–water partition coefficient (Wildman–Crippen LogP) is 6.23. The maximum atomic E-state index is 13.6. The summed E-state index contributed by atoms with van der Waals surface area (Å²) in [4.78, 5) is 4.14. The van der Waals surface area contributed by atoms with Crippen LogP contribution in [0.15, 0.2) is 12.3 Å². The molecule has 0 saturated heterocycles. The zero-order chi connectivity index (χ0) is 20.2. The van der Waals surface area contributed by atoms with Crippen LogP contribution in [-0.4, -0.2) is 30.8 Å². The SMILES string of the molecule is CCCCNc1cc(Cl)nc2c1c(C(F)(F)F)cn2COCC[Si](C)(C)C. The van der Waals surface area contributed by atoms with Crippen LogP contribution in [0, 0.1) is 0 Å². The van der Waals surface area contributed by atoms with E-state index in [1.807, 2.05) is 6.92 Å². The van der Waals surface area contributed by atoms with E-state index in [9.17, 15) is 13.2 Å². The third kappa shape index (κ3) is 6.12. The minimum Gasteiger partial charge on any atom is -0.384 e. The van der Waals surface area contributed by atoms with Gasteiger partial charge >= 0.3 is 6.18 Å². The smallest absolute Gasteiger partial charge is 0.384 e. The van der Waals surface area contributed by atoms with E-state index in [4.69, 9.17) is 16.3 Å². The fraction of sp³-hybridized carbons (Fsp3) is 0.611. The highest BCUT2D eigenvalue weighted by Crippen LogP contribution is 2.40. The van der Waals surface area contributed by atoms with Gasteiger partial charge in [0.15, 0.2) is 0 Å². The second kappa shape index (κ2) is 8.83. The highest BCUT2D eigenvalue weighted by atomic mass is 35.5. The Morgan fingerprint density at radius 3 is 2.59 bits per heavy atom. The Hall–Kier alpha value is -1.25. The summed E-state index contributed by atoms with van der Waals surface area (Å²) in [5.74, 6) is 0. The predicted molar refractivity (Wildman–Crippen MR) is 107 cm³/mol. The molecule has 0 bridgehead atoms. The first-order chi connectivity index (χ1) is 12.5. The standard InChI is InChI=1S/C18H27ClF3N3OSi/c1-5-6-7-23-14-10-15(19)24-17-16(14)13(18(20,21)22)11-25(17)12-26-8-9-27(2,3)4/h10-11H,5-9,12H2,1-4H3,(H,23,24). The minimum absolute atomic E-state index is 0.0127. The number of pyridine rings is 1. The van der Waals surface area contributed by atoms with Gasteiger partial charge in [0.25, 0.3) is 0 Å². The van der Waals surface area contributed by atoms with E-state index in [1.54, 1.807) is 0 Å². The second-order valence-corrected chi connectivity index (χ2v) is 13.8. The molecule has 2 aromatic rings. The van der Waals surface area contributed by atoms with Gasteiger partial charge in [-0.25, -0.2) is 4.98 Å². The van der Waals surface area contributed by atoms with Crippen molar-refractivity contribution in [3.05, 3.63) is 23.0 Å². The first-order valence-corrected chi connectivity index (χ1v) is 13.2. The Morgan fingerprint density at radius 2 is 2.00 bits per heavy atom. The molecule has 9 heteroatoms. The monoisotopic (exact) mass is 421 g/mol. The quantitative estimate of drug-likeness (QED) is 0.296. The van der Waals surface area contributed by atoms with Crippen molar-refractivity contribution in [3.8, 4) is 0 Å². The molecule has 0 aliphatic carbocycles. The van der Waals surface area contributed by atoms with Gasteiger partial charge < -0.3 is 14.6 Å². The van der Waals surface area contributed by atoms with Gasteiger partial charge in [0.05, 0.1) is 10.9 Å². The van der Waals surface area contributed by atoms with Gasteiger partial charge in [0.1, 0.15) is 17.5 Å². The molecule has 2 rings (SSSR count). The lowest BCUT2D eigenvalue weighted by molar-refractivity contribution is -0.136.